The molecule has 0 radical (unpaired) electrons. The van der Waals surface area contributed by atoms with E-state index in [2.05, 4.69) is 55.8 Å². The van der Waals surface area contributed by atoms with Gasteiger partial charge >= 0.3 is 0 Å². The molecule has 0 amide bonds. The van der Waals surface area contributed by atoms with Crippen LogP contribution in [0.15, 0.2) is 39.5 Å². The first-order valence-corrected chi connectivity index (χ1v) is 11.5. The third kappa shape index (κ3) is 3.24. The van der Waals surface area contributed by atoms with Crippen molar-refractivity contribution in [3.05, 3.63) is 52.2 Å². The van der Waals surface area contributed by atoms with Crippen molar-refractivity contribution < 1.29 is 9.26 Å². The van der Waals surface area contributed by atoms with Gasteiger partial charge in [0.1, 0.15) is 17.1 Å². The second-order valence-corrected chi connectivity index (χ2v) is 9.50. The molecule has 154 valence electrons. The predicted molar refractivity (Wildman–Crippen MR) is 118 cm³/mol. The SMILES string of the molecule is C[C@@H]1C[C@H](n2c(Cc3cc(C4CC4)on3)nc3cnc4ccc(Br)cc4c32)CCO1. The van der Waals surface area contributed by atoms with Gasteiger partial charge in [0.05, 0.1) is 35.4 Å². The van der Waals surface area contributed by atoms with Gasteiger partial charge in [-0.1, -0.05) is 21.1 Å². The molecule has 1 aliphatic heterocycles. The summed E-state index contributed by atoms with van der Waals surface area (Å²) >= 11 is 3.63. The van der Waals surface area contributed by atoms with Crippen molar-refractivity contribution in [2.24, 2.45) is 0 Å². The Morgan fingerprint density at radius 1 is 1.17 bits per heavy atom. The molecule has 7 heteroatoms. The van der Waals surface area contributed by atoms with E-state index >= 15 is 0 Å². The van der Waals surface area contributed by atoms with Crippen molar-refractivity contribution in [3.8, 4) is 0 Å². The lowest BCUT2D eigenvalue weighted by Crippen LogP contribution is -2.26. The molecule has 0 N–H and O–H groups in total. The Morgan fingerprint density at radius 2 is 2.07 bits per heavy atom. The van der Waals surface area contributed by atoms with E-state index in [1.807, 2.05) is 12.3 Å². The second-order valence-electron chi connectivity index (χ2n) is 8.58. The van der Waals surface area contributed by atoms with Gasteiger partial charge in [0, 0.05) is 34.5 Å². The van der Waals surface area contributed by atoms with Gasteiger partial charge in [0.25, 0.3) is 0 Å². The zero-order valence-corrected chi connectivity index (χ0v) is 18.4. The van der Waals surface area contributed by atoms with Crippen molar-refractivity contribution in [3.63, 3.8) is 0 Å². The molecular formula is C23H23BrN4O2. The van der Waals surface area contributed by atoms with Crippen LogP contribution in [-0.4, -0.2) is 32.4 Å². The molecule has 3 aromatic heterocycles. The van der Waals surface area contributed by atoms with Crippen molar-refractivity contribution in [1.29, 1.82) is 0 Å². The first kappa shape index (κ1) is 18.5. The van der Waals surface area contributed by atoms with Gasteiger partial charge in [-0.2, -0.15) is 0 Å². The minimum atomic E-state index is 0.238. The number of nitrogens with zero attached hydrogens (tertiary/aromatic N) is 4. The van der Waals surface area contributed by atoms with Crippen LogP contribution in [0.25, 0.3) is 21.9 Å². The molecule has 0 spiro atoms. The van der Waals surface area contributed by atoms with E-state index in [4.69, 9.17) is 14.2 Å². The van der Waals surface area contributed by atoms with Crippen LogP contribution in [0.1, 0.15) is 61.8 Å². The molecule has 30 heavy (non-hydrogen) atoms. The zero-order valence-electron chi connectivity index (χ0n) is 16.8. The Balaban J connectivity index is 1.52. The highest BCUT2D eigenvalue weighted by Crippen LogP contribution is 2.40. The number of benzene rings is 1. The highest BCUT2D eigenvalue weighted by molar-refractivity contribution is 9.10. The quantitative estimate of drug-likeness (QED) is 0.394. The van der Waals surface area contributed by atoms with E-state index in [0.29, 0.717) is 18.4 Å². The summed E-state index contributed by atoms with van der Waals surface area (Å²) in [7, 11) is 0. The summed E-state index contributed by atoms with van der Waals surface area (Å²) in [5.41, 5.74) is 4.02. The normalized spacial score (nSPS) is 22.2. The average molecular weight is 467 g/mol. The number of pyridine rings is 1. The lowest BCUT2D eigenvalue weighted by molar-refractivity contribution is 0.00630. The molecule has 2 aliphatic rings. The number of ether oxygens (including phenoxy) is 1. The fourth-order valence-corrected chi connectivity index (χ4v) is 5.02. The van der Waals surface area contributed by atoms with Crippen LogP contribution in [-0.2, 0) is 11.2 Å². The smallest absolute Gasteiger partial charge is 0.140 e. The van der Waals surface area contributed by atoms with Crippen molar-refractivity contribution >= 4 is 37.9 Å². The molecule has 4 aromatic rings. The molecule has 2 fully saturated rings. The monoisotopic (exact) mass is 466 g/mol. The second kappa shape index (κ2) is 7.17. The Bertz CT molecular complexity index is 1240. The molecule has 1 saturated heterocycles. The summed E-state index contributed by atoms with van der Waals surface area (Å²) in [5.74, 6) is 2.60. The van der Waals surface area contributed by atoms with Crippen LogP contribution in [0.4, 0.5) is 0 Å². The topological polar surface area (TPSA) is 66.0 Å². The van der Waals surface area contributed by atoms with E-state index in [1.165, 1.54) is 12.8 Å². The number of hydrogen-bond acceptors (Lipinski definition) is 5. The van der Waals surface area contributed by atoms with E-state index in [1.54, 1.807) is 0 Å². The van der Waals surface area contributed by atoms with Crippen LogP contribution in [0.3, 0.4) is 0 Å². The maximum atomic E-state index is 5.84. The Labute approximate surface area is 182 Å². The number of halogens is 1. The maximum Gasteiger partial charge on any atom is 0.140 e. The van der Waals surface area contributed by atoms with Crippen molar-refractivity contribution in [2.45, 2.75) is 57.1 Å². The van der Waals surface area contributed by atoms with E-state index in [9.17, 15) is 0 Å². The maximum absolute atomic E-state index is 5.84. The molecule has 2 atom stereocenters. The van der Waals surface area contributed by atoms with E-state index < -0.39 is 0 Å². The zero-order chi connectivity index (χ0) is 20.2. The number of fused-ring (bicyclic) bond motifs is 3. The summed E-state index contributed by atoms with van der Waals surface area (Å²) in [6.07, 6.45) is 7.16. The van der Waals surface area contributed by atoms with Crippen LogP contribution in [0.5, 0.6) is 0 Å². The van der Waals surface area contributed by atoms with Gasteiger partial charge < -0.3 is 13.8 Å². The minimum absolute atomic E-state index is 0.238. The van der Waals surface area contributed by atoms with Crippen molar-refractivity contribution in [2.75, 3.05) is 6.61 Å². The molecule has 1 saturated carbocycles. The number of aromatic nitrogens is 4. The summed E-state index contributed by atoms with van der Waals surface area (Å²) < 4.78 is 14.9. The Hall–Kier alpha value is -2.25. The fraction of sp³-hybridized carbons (Fsp3) is 0.435. The Kier molecular flexibility index (Phi) is 4.42. The molecule has 6 nitrogen and oxygen atoms in total. The molecule has 0 unspecified atom stereocenters. The average Bonchev–Trinajstić information content (AvgIpc) is 3.37. The first-order chi connectivity index (χ1) is 14.7. The van der Waals surface area contributed by atoms with E-state index in [0.717, 1.165) is 63.1 Å². The minimum Gasteiger partial charge on any atom is -0.378 e. The largest absolute Gasteiger partial charge is 0.378 e. The first-order valence-electron chi connectivity index (χ1n) is 10.7. The highest BCUT2D eigenvalue weighted by atomic mass is 79.9. The highest BCUT2D eigenvalue weighted by Gasteiger charge is 2.29. The summed E-state index contributed by atoms with van der Waals surface area (Å²) in [5, 5.41) is 5.47. The van der Waals surface area contributed by atoms with Gasteiger partial charge in [0.15, 0.2) is 0 Å². The lowest BCUT2D eigenvalue weighted by Gasteiger charge is -2.30. The van der Waals surface area contributed by atoms with Gasteiger partial charge in [-0.25, -0.2) is 4.98 Å². The fourth-order valence-electron chi connectivity index (χ4n) is 4.66. The van der Waals surface area contributed by atoms with Crippen molar-refractivity contribution in [1.82, 2.24) is 19.7 Å². The molecule has 1 aliphatic carbocycles. The molecule has 1 aromatic carbocycles. The summed E-state index contributed by atoms with van der Waals surface area (Å²) in [4.78, 5) is 9.67. The third-order valence-electron chi connectivity index (χ3n) is 6.27. The number of hydrogen-bond donors (Lipinski definition) is 0. The van der Waals surface area contributed by atoms with Gasteiger partial charge in [-0.05, 0) is 50.8 Å². The van der Waals surface area contributed by atoms with Crippen LogP contribution >= 0.6 is 15.9 Å². The third-order valence-corrected chi connectivity index (χ3v) is 6.76. The van der Waals surface area contributed by atoms with Gasteiger partial charge in [0.2, 0.25) is 0 Å². The van der Waals surface area contributed by atoms with Gasteiger partial charge in [-0.15, -0.1) is 0 Å². The summed E-state index contributed by atoms with van der Waals surface area (Å²) in [6, 6.07) is 8.70. The molecule has 6 rings (SSSR count). The molecule has 4 heterocycles. The Morgan fingerprint density at radius 3 is 2.90 bits per heavy atom. The standard InChI is InChI=1S/C23H23BrN4O2/c1-13-8-17(6-7-29-13)28-22(11-16-10-21(30-27-16)14-2-3-14)26-20-12-25-19-5-4-15(24)9-18(19)23(20)28/h4-5,9-10,12-14,17H,2-3,6-8,11H2,1H3/t13-,17-/m1/s1. The molecular weight excluding hydrogens is 444 g/mol. The number of rotatable bonds is 4. The van der Waals surface area contributed by atoms with E-state index in [-0.39, 0.29) is 6.10 Å². The number of imidazole rings is 1. The van der Waals surface area contributed by atoms with Crippen LogP contribution < -0.4 is 0 Å². The van der Waals surface area contributed by atoms with Crippen LogP contribution in [0.2, 0.25) is 0 Å². The predicted octanol–water partition coefficient (Wildman–Crippen LogP) is 5.54. The van der Waals surface area contributed by atoms with Gasteiger partial charge in [-0.3, -0.25) is 4.98 Å². The molecule has 0 bridgehead atoms. The van der Waals surface area contributed by atoms with Crippen LogP contribution in [0, 0.1) is 0 Å². The lowest BCUT2D eigenvalue weighted by atomic mass is 10.0. The summed E-state index contributed by atoms with van der Waals surface area (Å²) in [6.45, 7) is 2.92.